The number of rotatable bonds is 4. The van der Waals surface area contributed by atoms with Crippen LogP contribution in [0.5, 0.6) is 11.5 Å². The van der Waals surface area contributed by atoms with Crippen molar-refractivity contribution in [2.45, 2.75) is 13.8 Å². The maximum absolute atomic E-state index is 6.58. The van der Waals surface area contributed by atoms with Gasteiger partial charge in [-0.3, -0.25) is 13.5 Å². The molecule has 6 heteroatoms. The Morgan fingerprint density at radius 2 is 1.20 bits per heavy atom. The molecule has 0 saturated carbocycles. The summed E-state index contributed by atoms with van der Waals surface area (Å²) >= 11 is 0. The lowest BCUT2D eigenvalue weighted by atomic mass is 10.1. The minimum absolute atomic E-state index is 0.756. The molecule has 4 heterocycles. The number of fused-ring (bicyclic) bond motifs is 9. The summed E-state index contributed by atoms with van der Waals surface area (Å²) in [6, 6.07) is 35.9. The van der Waals surface area contributed by atoms with Crippen LogP contribution in [-0.2, 0) is 0 Å². The van der Waals surface area contributed by atoms with Crippen molar-refractivity contribution >= 4 is 49.1 Å². The molecule has 0 unspecified atom stereocenters. The molecule has 0 N–H and O–H groups in total. The second-order valence-electron chi connectivity index (χ2n) is 11.3. The standard InChI is InChI=1S/C38H27N5O/c1-24-8-7-9-25(2)36(24)42-21-19-40-38(42)43-34-13-6-4-11-30(34)31-17-15-27(23-35(31)43)44-26-14-16-28-29-10-3-5-12-33(29)41-20-18-39-37(41)32(28)22-26/h3-23H,1-2H3. The Balaban J connectivity index is 1.22. The lowest BCUT2D eigenvalue weighted by Gasteiger charge is -2.16. The molecule has 44 heavy (non-hydrogen) atoms. The molecular weight excluding hydrogens is 542 g/mol. The number of aromatic nitrogens is 5. The summed E-state index contributed by atoms with van der Waals surface area (Å²) in [7, 11) is 0. The summed E-state index contributed by atoms with van der Waals surface area (Å²) < 4.78 is 13.1. The van der Waals surface area contributed by atoms with E-state index < -0.39 is 0 Å². The van der Waals surface area contributed by atoms with Gasteiger partial charge >= 0.3 is 0 Å². The van der Waals surface area contributed by atoms with Crippen LogP contribution in [0.4, 0.5) is 0 Å². The number of para-hydroxylation sites is 3. The van der Waals surface area contributed by atoms with E-state index in [-0.39, 0.29) is 0 Å². The molecule has 0 radical (unpaired) electrons. The van der Waals surface area contributed by atoms with Crippen LogP contribution in [0, 0.1) is 13.8 Å². The number of benzene rings is 5. The Morgan fingerprint density at radius 3 is 2.02 bits per heavy atom. The average molecular weight is 570 g/mol. The molecule has 0 atom stereocenters. The van der Waals surface area contributed by atoms with Gasteiger partial charge in [-0.05, 0) is 72.8 Å². The third kappa shape index (κ3) is 3.54. The molecule has 0 spiro atoms. The molecular formula is C38H27N5O. The van der Waals surface area contributed by atoms with E-state index in [1.165, 1.54) is 21.9 Å². The maximum Gasteiger partial charge on any atom is 0.219 e. The van der Waals surface area contributed by atoms with E-state index >= 15 is 0 Å². The smallest absolute Gasteiger partial charge is 0.219 e. The number of pyridine rings is 1. The minimum Gasteiger partial charge on any atom is -0.457 e. The van der Waals surface area contributed by atoms with Crippen molar-refractivity contribution in [1.82, 2.24) is 23.5 Å². The van der Waals surface area contributed by atoms with Gasteiger partial charge in [0.2, 0.25) is 5.95 Å². The van der Waals surface area contributed by atoms with E-state index in [1.807, 2.05) is 36.9 Å². The second-order valence-corrected chi connectivity index (χ2v) is 11.3. The van der Waals surface area contributed by atoms with Crippen LogP contribution < -0.4 is 4.74 Å². The number of imidazole rings is 2. The molecule has 0 bridgehead atoms. The molecule has 0 aliphatic carbocycles. The third-order valence-corrected chi connectivity index (χ3v) is 8.71. The first kappa shape index (κ1) is 24.7. The highest BCUT2D eigenvalue weighted by Crippen LogP contribution is 2.37. The Morgan fingerprint density at radius 1 is 0.545 bits per heavy atom. The van der Waals surface area contributed by atoms with E-state index in [9.17, 15) is 0 Å². The maximum atomic E-state index is 6.58. The van der Waals surface area contributed by atoms with E-state index in [4.69, 9.17) is 14.7 Å². The molecule has 0 aliphatic heterocycles. The van der Waals surface area contributed by atoms with Gasteiger partial charge in [0, 0.05) is 52.4 Å². The quantitative estimate of drug-likeness (QED) is 0.198. The first-order valence-corrected chi connectivity index (χ1v) is 14.7. The van der Waals surface area contributed by atoms with Gasteiger partial charge < -0.3 is 4.74 Å². The third-order valence-electron chi connectivity index (χ3n) is 8.71. The molecule has 0 saturated heterocycles. The van der Waals surface area contributed by atoms with Crippen molar-refractivity contribution in [3.63, 3.8) is 0 Å². The van der Waals surface area contributed by atoms with Gasteiger partial charge in [0.25, 0.3) is 0 Å². The summed E-state index contributed by atoms with van der Waals surface area (Å²) in [6.45, 7) is 4.29. The van der Waals surface area contributed by atoms with E-state index in [0.717, 1.165) is 61.5 Å². The van der Waals surface area contributed by atoms with Crippen molar-refractivity contribution in [1.29, 1.82) is 0 Å². The fourth-order valence-corrected chi connectivity index (χ4v) is 6.80. The lowest BCUT2D eigenvalue weighted by molar-refractivity contribution is 0.484. The first-order valence-electron chi connectivity index (χ1n) is 14.7. The number of ether oxygens (including phenoxy) is 1. The van der Waals surface area contributed by atoms with Crippen LogP contribution in [0.1, 0.15) is 11.1 Å². The Kier molecular flexibility index (Phi) is 5.23. The zero-order chi connectivity index (χ0) is 29.4. The highest BCUT2D eigenvalue weighted by atomic mass is 16.5. The van der Waals surface area contributed by atoms with Crippen LogP contribution in [0.3, 0.4) is 0 Å². The molecule has 210 valence electrons. The fourth-order valence-electron chi connectivity index (χ4n) is 6.80. The lowest BCUT2D eigenvalue weighted by Crippen LogP contribution is -2.07. The van der Waals surface area contributed by atoms with Gasteiger partial charge in [0.1, 0.15) is 17.1 Å². The zero-order valence-corrected chi connectivity index (χ0v) is 24.3. The van der Waals surface area contributed by atoms with Crippen molar-refractivity contribution < 1.29 is 4.74 Å². The van der Waals surface area contributed by atoms with Crippen molar-refractivity contribution in [2.75, 3.05) is 0 Å². The van der Waals surface area contributed by atoms with Gasteiger partial charge in [-0.15, -0.1) is 0 Å². The fraction of sp³-hybridized carbons (Fsp3) is 0.0526. The van der Waals surface area contributed by atoms with Gasteiger partial charge in [0.05, 0.1) is 22.2 Å². The van der Waals surface area contributed by atoms with E-state index in [0.29, 0.717) is 0 Å². The molecule has 9 rings (SSSR count). The first-order chi connectivity index (χ1) is 21.7. The van der Waals surface area contributed by atoms with Gasteiger partial charge in [0.15, 0.2) is 0 Å². The molecule has 4 aromatic heterocycles. The summed E-state index contributed by atoms with van der Waals surface area (Å²) in [5.41, 5.74) is 7.72. The number of hydrogen-bond acceptors (Lipinski definition) is 3. The number of hydrogen-bond donors (Lipinski definition) is 0. The van der Waals surface area contributed by atoms with Crippen LogP contribution in [0.2, 0.25) is 0 Å². The predicted molar refractivity (Wildman–Crippen MR) is 178 cm³/mol. The predicted octanol–water partition coefficient (Wildman–Crippen LogP) is 9.33. The molecule has 0 fully saturated rings. The van der Waals surface area contributed by atoms with Crippen LogP contribution in [0.15, 0.2) is 128 Å². The minimum atomic E-state index is 0.756. The van der Waals surface area contributed by atoms with E-state index in [2.05, 4.69) is 118 Å². The Labute approximate surface area is 253 Å². The van der Waals surface area contributed by atoms with Crippen LogP contribution >= 0.6 is 0 Å². The molecule has 9 aromatic rings. The molecule has 0 amide bonds. The monoisotopic (exact) mass is 569 g/mol. The van der Waals surface area contributed by atoms with E-state index in [1.54, 1.807) is 0 Å². The van der Waals surface area contributed by atoms with Crippen LogP contribution in [0.25, 0.3) is 60.8 Å². The Hall–Kier alpha value is -5.88. The summed E-state index contributed by atoms with van der Waals surface area (Å²) in [5, 5.41) is 5.71. The Bertz CT molecular complexity index is 2550. The largest absolute Gasteiger partial charge is 0.457 e. The van der Waals surface area contributed by atoms with Gasteiger partial charge in [-0.1, -0.05) is 54.6 Å². The van der Waals surface area contributed by atoms with Crippen molar-refractivity contribution in [2.24, 2.45) is 0 Å². The normalized spacial score (nSPS) is 11.9. The SMILES string of the molecule is Cc1cccc(C)c1-n1ccnc1-n1c2ccccc2c2ccc(Oc3ccc4c5ccccc5n5ccnc5c4c3)cc21. The summed E-state index contributed by atoms with van der Waals surface area (Å²) in [4.78, 5) is 9.58. The molecule has 0 aliphatic rings. The molecule has 6 nitrogen and oxygen atoms in total. The summed E-state index contributed by atoms with van der Waals surface area (Å²) in [5.74, 6) is 2.35. The number of nitrogens with zero attached hydrogens (tertiary/aromatic N) is 5. The second kappa shape index (κ2) is 9.31. The zero-order valence-electron chi connectivity index (χ0n) is 24.3. The van der Waals surface area contributed by atoms with Crippen LogP contribution in [-0.4, -0.2) is 23.5 Å². The van der Waals surface area contributed by atoms with Crippen molar-refractivity contribution in [3.8, 4) is 23.1 Å². The highest BCUT2D eigenvalue weighted by molar-refractivity contribution is 6.12. The highest BCUT2D eigenvalue weighted by Gasteiger charge is 2.19. The summed E-state index contributed by atoms with van der Waals surface area (Å²) in [6.07, 6.45) is 7.78. The average Bonchev–Trinajstić information content (AvgIpc) is 3.79. The molecule has 5 aromatic carbocycles. The van der Waals surface area contributed by atoms with Gasteiger partial charge in [-0.25, -0.2) is 9.97 Å². The van der Waals surface area contributed by atoms with Crippen molar-refractivity contribution in [3.05, 3.63) is 139 Å². The van der Waals surface area contributed by atoms with Gasteiger partial charge in [-0.2, -0.15) is 0 Å². The number of aryl methyl sites for hydroxylation is 2. The topological polar surface area (TPSA) is 49.3 Å².